The van der Waals surface area contributed by atoms with Gasteiger partial charge in [-0.05, 0) is 43.4 Å². The molecule has 25 heavy (non-hydrogen) atoms. The van der Waals surface area contributed by atoms with Crippen LogP contribution in [0.15, 0.2) is 18.2 Å². The number of ether oxygens (including phenoxy) is 2. The minimum atomic E-state index is -0.203. The molecule has 3 fully saturated rings. The number of nitrogens with one attached hydrogen (secondary N) is 2. The Hall–Kier alpha value is -1.50. The highest BCUT2D eigenvalue weighted by molar-refractivity contribution is 6.32. The molecule has 0 bridgehead atoms. The summed E-state index contributed by atoms with van der Waals surface area (Å²) in [7, 11) is 1.56. The number of methoxy groups -OCH3 is 1. The minimum absolute atomic E-state index is 0.153. The molecule has 0 aromatic heterocycles. The summed E-state index contributed by atoms with van der Waals surface area (Å²) in [6.45, 7) is 2.69. The number of anilines is 1. The molecule has 1 saturated carbocycles. The molecule has 3 aliphatic rings. The zero-order valence-electron chi connectivity index (χ0n) is 14.3. The molecule has 0 unspecified atom stereocenters. The van der Waals surface area contributed by atoms with Crippen LogP contribution in [0.2, 0.25) is 5.02 Å². The summed E-state index contributed by atoms with van der Waals surface area (Å²) in [6, 6.07) is 5.58. The van der Waals surface area contributed by atoms with Crippen molar-refractivity contribution in [2.75, 3.05) is 32.1 Å². The van der Waals surface area contributed by atoms with E-state index in [1.807, 2.05) is 0 Å². The van der Waals surface area contributed by atoms with E-state index in [-0.39, 0.29) is 12.1 Å². The number of nitrogens with zero attached hydrogens (tertiary/aromatic N) is 1. The first-order chi connectivity index (χ1) is 12.1. The summed E-state index contributed by atoms with van der Waals surface area (Å²) < 4.78 is 11.1. The first-order valence-electron chi connectivity index (χ1n) is 8.89. The first kappa shape index (κ1) is 16.9. The van der Waals surface area contributed by atoms with Crippen LogP contribution < -0.4 is 15.4 Å². The van der Waals surface area contributed by atoms with Crippen LogP contribution in [0.3, 0.4) is 0 Å². The van der Waals surface area contributed by atoms with Crippen molar-refractivity contribution in [3.8, 4) is 5.75 Å². The van der Waals surface area contributed by atoms with Crippen molar-refractivity contribution in [3.05, 3.63) is 23.2 Å². The number of benzene rings is 1. The Balaban J connectivity index is 1.29. The molecule has 1 aliphatic carbocycles. The largest absolute Gasteiger partial charge is 0.495 e. The van der Waals surface area contributed by atoms with E-state index >= 15 is 0 Å². The third-order valence-corrected chi connectivity index (χ3v) is 5.63. The van der Waals surface area contributed by atoms with Gasteiger partial charge in [-0.1, -0.05) is 11.6 Å². The molecular weight excluding hydrogens is 342 g/mol. The monoisotopic (exact) mass is 365 g/mol. The Morgan fingerprint density at radius 1 is 1.36 bits per heavy atom. The van der Waals surface area contributed by atoms with Crippen LogP contribution in [0.1, 0.15) is 19.3 Å². The lowest BCUT2D eigenvalue weighted by atomic mass is 10.1. The second kappa shape index (κ2) is 7.02. The minimum Gasteiger partial charge on any atom is -0.495 e. The van der Waals surface area contributed by atoms with Crippen LogP contribution in [-0.4, -0.2) is 55.9 Å². The number of amides is 2. The fourth-order valence-electron chi connectivity index (χ4n) is 3.85. The van der Waals surface area contributed by atoms with Crippen molar-refractivity contribution in [1.82, 2.24) is 10.2 Å². The molecule has 3 atom stereocenters. The van der Waals surface area contributed by atoms with Crippen LogP contribution in [0, 0.1) is 5.92 Å². The van der Waals surface area contributed by atoms with Crippen LogP contribution >= 0.6 is 11.6 Å². The van der Waals surface area contributed by atoms with Gasteiger partial charge >= 0.3 is 6.03 Å². The topological polar surface area (TPSA) is 62.8 Å². The molecule has 2 heterocycles. The van der Waals surface area contributed by atoms with Gasteiger partial charge in [-0.15, -0.1) is 0 Å². The highest BCUT2D eigenvalue weighted by Crippen LogP contribution is 2.37. The maximum atomic E-state index is 12.3. The normalized spacial score (nSPS) is 29.1. The number of carbonyl (C=O) groups excluding carboxylic acids is 1. The second-order valence-corrected chi connectivity index (χ2v) is 7.60. The number of morpholine rings is 1. The van der Waals surface area contributed by atoms with Crippen LogP contribution in [0.25, 0.3) is 0 Å². The van der Waals surface area contributed by atoms with Gasteiger partial charge in [0, 0.05) is 30.9 Å². The predicted octanol–water partition coefficient (Wildman–Crippen LogP) is 2.72. The van der Waals surface area contributed by atoms with E-state index in [9.17, 15) is 4.79 Å². The number of halogens is 1. The zero-order valence-corrected chi connectivity index (χ0v) is 15.1. The molecule has 1 aromatic rings. The average Bonchev–Trinajstić information content (AvgIpc) is 3.35. The Labute approximate surface area is 152 Å². The molecule has 7 heteroatoms. The highest BCUT2D eigenvalue weighted by atomic mass is 35.5. The lowest BCUT2D eigenvalue weighted by Gasteiger charge is -2.35. The molecule has 1 aromatic carbocycles. The third kappa shape index (κ3) is 3.86. The summed E-state index contributed by atoms with van der Waals surface area (Å²) in [4.78, 5) is 14.7. The van der Waals surface area contributed by atoms with Crippen LogP contribution in [-0.2, 0) is 4.74 Å². The smallest absolute Gasteiger partial charge is 0.319 e. The van der Waals surface area contributed by atoms with Crippen molar-refractivity contribution in [2.24, 2.45) is 5.92 Å². The average molecular weight is 366 g/mol. The fourth-order valence-corrected chi connectivity index (χ4v) is 4.11. The Morgan fingerprint density at radius 3 is 2.92 bits per heavy atom. The van der Waals surface area contributed by atoms with Gasteiger partial charge in [0.1, 0.15) is 5.75 Å². The first-order valence-corrected chi connectivity index (χ1v) is 9.27. The molecule has 2 aliphatic heterocycles. The van der Waals surface area contributed by atoms with Crippen LogP contribution in [0.4, 0.5) is 10.5 Å². The van der Waals surface area contributed by atoms with Crippen molar-refractivity contribution in [1.29, 1.82) is 0 Å². The van der Waals surface area contributed by atoms with Gasteiger partial charge in [-0.2, -0.15) is 0 Å². The Morgan fingerprint density at radius 2 is 2.20 bits per heavy atom. The Kier molecular flexibility index (Phi) is 4.75. The summed E-state index contributed by atoms with van der Waals surface area (Å²) in [5.74, 6) is 1.35. The number of hydrogen-bond acceptors (Lipinski definition) is 4. The number of rotatable bonds is 4. The zero-order chi connectivity index (χ0) is 17.4. The summed E-state index contributed by atoms with van der Waals surface area (Å²) in [5, 5.41) is 6.38. The molecule has 4 rings (SSSR count). The number of carbonyl (C=O) groups is 1. The molecule has 2 saturated heterocycles. The molecule has 0 radical (unpaired) electrons. The van der Waals surface area contributed by atoms with Crippen molar-refractivity contribution < 1.29 is 14.3 Å². The summed E-state index contributed by atoms with van der Waals surface area (Å²) in [5.41, 5.74) is 0.649. The predicted molar refractivity (Wildman–Crippen MR) is 96.4 cm³/mol. The van der Waals surface area contributed by atoms with Crippen molar-refractivity contribution in [3.63, 3.8) is 0 Å². The maximum Gasteiger partial charge on any atom is 0.319 e. The Bertz CT molecular complexity index is 652. The van der Waals surface area contributed by atoms with E-state index in [1.54, 1.807) is 25.3 Å². The van der Waals surface area contributed by atoms with Crippen LogP contribution in [0.5, 0.6) is 5.75 Å². The maximum absolute atomic E-state index is 12.3. The lowest BCUT2D eigenvalue weighted by molar-refractivity contribution is -0.0581. The fraction of sp³-hybridized carbons (Fsp3) is 0.611. The van der Waals surface area contributed by atoms with Crippen molar-refractivity contribution >= 4 is 23.3 Å². The van der Waals surface area contributed by atoms with Gasteiger partial charge in [-0.3, -0.25) is 4.90 Å². The third-order valence-electron chi connectivity index (χ3n) is 5.34. The van der Waals surface area contributed by atoms with Gasteiger partial charge in [-0.25, -0.2) is 4.79 Å². The second-order valence-electron chi connectivity index (χ2n) is 7.20. The van der Waals surface area contributed by atoms with E-state index in [0.717, 1.165) is 32.0 Å². The van der Waals surface area contributed by atoms with E-state index in [0.29, 0.717) is 28.6 Å². The quantitative estimate of drug-likeness (QED) is 0.861. The molecule has 2 N–H and O–H groups in total. The van der Waals surface area contributed by atoms with E-state index < -0.39 is 0 Å². The van der Waals surface area contributed by atoms with E-state index in [1.165, 1.54) is 12.8 Å². The highest BCUT2D eigenvalue weighted by Gasteiger charge is 2.42. The molecule has 2 amide bonds. The SMILES string of the molecule is COc1ccc(NC(=O)N[C@H]2C[C@H]3CO[C@H](C4CC4)CN3C2)cc1Cl. The summed E-state index contributed by atoms with van der Waals surface area (Å²) >= 11 is 6.09. The number of hydrogen-bond donors (Lipinski definition) is 2. The molecule has 0 spiro atoms. The molecule has 136 valence electrons. The van der Waals surface area contributed by atoms with Gasteiger partial charge in [0.05, 0.1) is 24.8 Å². The summed E-state index contributed by atoms with van der Waals surface area (Å²) in [6.07, 6.45) is 3.94. The standard InChI is InChI=1S/C18H24ClN3O3/c1-24-16-5-4-12(7-15(16)19)20-18(23)21-13-6-14-10-25-17(11-2-3-11)9-22(14)8-13/h4-5,7,11,13-14,17H,2-3,6,8-10H2,1H3,(H2,20,21,23)/t13-,14-,17-/m0/s1. The number of urea groups is 1. The van der Waals surface area contributed by atoms with Gasteiger partial charge in [0.15, 0.2) is 0 Å². The van der Waals surface area contributed by atoms with Gasteiger partial charge in [0.25, 0.3) is 0 Å². The molecular formula is C18H24ClN3O3. The van der Waals surface area contributed by atoms with Gasteiger partial charge in [0.2, 0.25) is 0 Å². The van der Waals surface area contributed by atoms with E-state index in [4.69, 9.17) is 21.1 Å². The van der Waals surface area contributed by atoms with Gasteiger partial charge < -0.3 is 20.1 Å². The number of fused-ring (bicyclic) bond motifs is 1. The lowest BCUT2D eigenvalue weighted by Crippen LogP contribution is -2.47. The van der Waals surface area contributed by atoms with E-state index in [2.05, 4.69) is 15.5 Å². The molecule has 6 nitrogen and oxygen atoms in total. The van der Waals surface area contributed by atoms with Crippen molar-refractivity contribution in [2.45, 2.75) is 37.5 Å².